The normalized spacial score (nSPS) is 20.9. The first-order valence-electron chi connectivity index (χ1n) is 6.24. The van der Waals surface area contributed by atoms with Crippen LogP contribution in [0.4, 0.5) is 5.13 Å². The minimum atomic E-state index is 0.126. The molecule has 2 heterocycles. The van der Waals surface area contributed by atoms with Crippen molar-refractivity contribution in [2.75, 3.05) is 23.7 Å². The van der Waals surface area contributed by atoms with Crippen molar-refractivity contribution in [1.29, 1.82) is 0 Å². The smallest absolute Gasteiger partial charge is 0.185 e. The minimum Gasteiger partial charge on any atom is -0.391 e. The average Bonchev–Trinajstić information content (AvgIpc) is 2.82. The maximum atomic E-state index is 9.31. The van der Waals surface area contributed by atoms with Gasteiger partial charge in [0, 0.05) is 24.1 Å². The second-order valence-electron chi connectivity index (χ2n) is 4.23. The number of aliphatic hydroxyl groups excluding tert-OH is 1. The van der Waals surface area contributed by atoms with Gasteiger partial charge < -0.3 is 10.0 Å². The molecule has 0 amide bonds. The third-order valence-corrected chi connectivity index (χ3v) is 5.63. The van der Waals surface area contributed by atoms with Crippen LogP contribution in [0.1, 0.15) is 30.8 Å². The number of aryl methyl sites for hydroxylation is 1. The molecule has 1 aliphatic heterocycles. The first-order chi connectivity index (χ1) is 8.28. The molecule has 1 aromatic rings. The Hall–Kier alpha value is -0.260. The lowest BCUT2D eigenvalue weighted by molar-refractivity contribution is 0.284. The number of thiazole rings is 1. The van der Waals surface area contributed by atoms with Crippen LogP contribution in [0.2, 0.25) is 0 Å². The Balaban J connectivity index is 2.13. The molecule has 1 aliphatic rings. The molecule has 17 heavy (non-hydrogen) atoms. The van der Waals surface area contributed by atoms with Crippen molar-refractivity contribution < 1.29 is 5.11 Å². The first kappa shape index (κ1) is 13.2. The molecular weight excluding hydrogens is 252 g/mol. The Morgan fingerprint density at radius 2 is 2.29 bits per heavy atom. The zero-order valence-corrected chi connectivity index (χ0v) is 12.1. The fraction of sp³-hybridized carbons (Fsp3) is 0.750. The van der Waals surface area contributed by atoms with Crippen LogP contribution in [0.15, 0.2) is 0 Å². The Morgan fingerprint density at radius 1 is 1.47 bits per heavy atom. The molecule has 0 saturated carbocycles. The Morgan fingerprint density at radius 3 is 2.88 bits per heavy atom. The van der Waals surface area contributed by atoms with E-state index in [4.69, 9.17) is 0 Å². The summed E-state index contributed by atoms with van der Waals surface area (Å²) in [6.07, 6.45) is 2.13. The molecule has 1 atom stereocenters. The fourth-order valence-electron chi connectivity index (χ4n) is 2.04. The van der Waals surface area contributed by atoms with Crippen molar-refractivity contribution in [3.8, 4) is 0 Å². The third kappa shape index (κ3) is 2.95. The van der Waals surface area contributed by atoms with Crippen LogP contribution in [-0.2, 0) is 13.0 Å². The van der Waals surface area contributed by atoms with Gasteiger partial charge in [-0.2, -0.15) is 11.8 Å². The predicted octanol–water partition coefficient (Wildman–Crippen LogP) is 2.53. The van der Waals surface area contributed by atoms with E-state index in [2.05, 4.69) is 35.5 Å². The molecule has 0 bridgehead atoms. The number of thioether (sulfide) groups is 1. The second-order valence-corrected chi connectivity index (χ2v) is 6.70. The Kier molecular flexibility index (Phi) is 4.70. The third-order valence-electron chi connectivity index (χ3n) is 3.11. The van der Waals surface area contributed by atoms with E-state index in [-0.39, 0.29) is 6.61 Å². The standard InChI is InChI=1S/C12H20N2OS2/c1-3-9-7-14(5-6-16-9)12-13-10(4-2)11(8-15)17-12/h9,15H,3-8H2,1-2H3. The van der Waals surface area contributed by atoms with Crippen molar-refractivity contribution in [1.82, 2.24) is 4.98 Å². The molecule has 1 N–H and O–H groups in total. The van der Waals surface area contributed by atoms with Crippen LogP contribution in [-0.4, -0.2) is 34.2 Å². The van der Waals surface area contributed by atoms with E-state index in [0.29, 0.717) is 0 Å². The summed E-state index contributed by atoms with van der Waals surface area (Å²) in [5.74, 6) is 1.19. The predicted molar refractivity (Wildman–Crippen MR) is 76.2 cm³/mol. The van der Waals surface area contributed by atoms with Crippen molar-refractivity contribution in [2.24, 2.45) is 0 Å². The summed E-state index contributed by atoms with van der Waals surface area (Å²) in [5, 5.41) is 11.1. The van der Waals surface area contributed by atoms with Gasteiger partial charge in [0.25, 0.3) is 0 Å². The summed E-state index contributed by atoms with van der Waals surface area (Å²) < 4.78 is 0. The van der Waals surface area contributed by atoms with E-state index in [0.717, 1.165) is 40.5 Å². The SMILES string of the molecule is CCc1nc(N2CCSC(CC)C2)sc1CO. The van der Waals surface area contributed by atoms with Gasteiger partial charge in [-0.3, -0.25) is 0 Å². The zero-order chi connectivity index (χ0) is 12.3. The summed E-state index contributed by atoms with van der Waals surface area (Å²) in [4.78, 5) is 8.09. The molecule has 1 fully saturated rings. The van der Waals surface area contributed by atoms with Gasteiger partial charge in [-0.1, -0.05) is 25.2 Å². The lowest BCUT2D eigenvalue weighted by Crippen LogP contribution is -2.37. The number of hydrogen-bond acceptors (Lipinski definition) is 5. The summed E-state index contributed by atoms with van der Waals surface area (Å²) in [7, 11) is 0. The van der Waals surface area contributed by atoms with Gasteiger partial charge in [-0.15, -0.1) is 0 Å². The van der Waals surface area contributed by atoms with Gasteiger partial charge in [0.2, 0.25) is 0 Å². The molecule has 2 rings (SSSR count). The van der Waals surface area contributed by atoms with E-state index in [1.807, 2.05) is 0 Å². The number of rotatable bonds is 4. The van der Waals surface area contributed by atoms with Gasteiger partial charge in [-0.05, 0) is 12.8 Å². The van der Waals surface area contributed by atoms with Crippen molar-refractivity contribution in [3.63, 3.8) is 0 Å². The highest BCUT2D eigenvalue weighted by Crippen LogP contribution is 2.31. The van der Waals surface area contributed by atoms with E-state index in [1.54, 1.807) is 11.3 Å². The van der Waals surface area contributed by atoms with Crippen molar-refractivity contribution in [2.45, 2.75) is 38.5 Å². The quantitative estimate of drug-likeness (QED) is 0.914. The van der Waals surface area contributed by atoms with E-state index < -0.39 is 0 Å². The summed E-state index contributed by atoms with van der Waals surface area (Å²) in [6, 6.07) is 0. The number of aromatic nitrogens is 1. The van der Waals surface area contributed by atoms with Gasteiger partial charge in [0.05, 0.1) is 17.2 Å². The van der Waals surface area contributed by atoms with Crippen LogP contribution in [0, 0.1) is 0 Å². The number of anilines is 1. The van der Waals surface area contributed by atoms with Crippen molar-refractivity contribution in [3.05, 3.63) is 10.6 Å². The van der Waals surface area contributed by atoms with Crippen LogP contribution >= 0.6 is 23.1 Å². The fourth-order valence-corrected chi connectivity index (χ4v) is 4.27. The lowest BCUT2D eigenvalue weighted by Gasteiger charge is -2.31. The van der Waals surface area contributed by atoms with Crippen LogP contribution in [0.5, 0.6) is 0 Å². The highest BCUT2D eigenvalue weighted by molar-refractivity contribution is 8.00. The van der Waals surface area contributed by atoms with Gasteiger partial charge >= 0.3 is 0 Å². The summed E-state index contributed by atoms with van der Waals surface area (Å²) in [6.45, 7) is 6.66. The van der Waals surface area contributed by atoms with Gasteiger partial charge in [0.1, 0.15) is 0 Å². The molecule has 1 saturated heterocycles. The molecule has 3 nitrogen and oxygen atoms in total. The topological polar surface area (TPSA) is 36.4 Å². The van der Waals surface area contributed by atoms with Crippen molar-refractivity contribution >= 4 is 28.2 Å². The molecule has 96 valence electrons. The Labute approximate surface area is 111 Å². The van der Waals surface area contributed by atoms with E-state index >= 15 is 0 Å². The molecule has 0 spiro atoms. The van der Waals surface area contributed by atoms with Gasteiger partial charge in [0.15, 0.2) is 5.13 Å². The molecule has 0 radical (unpaired) electrons. The highest BCUT2D eigenvalue weighted by Gasteiger charge is 2.22. The Bertz CT molecular complexity index is 346. The molecule has 0 aromatic carbocycles. The molecule has 1 aromatic heterocycles. The maximum Gasteiger partial charge on any atom is 0.185 e. The summed E-state index contributed by atoms with van der Waals surface area (Å²) in [5.41, 5.74) is 1.07. The average molecular weight is 272 g/mol. The lowest BCUT2D eigenvalue weighted by atomic mass is 10.3. The van der Waals surface area contributed by atoms with Crippen LogP contribution in [0.25, 0.3) is 0 Å². The van der Waals surface area contributed by atoms with Gasteiger partial charge in [-0.25, -0.2) is 4.98 Å². The summed E-state index contributed by atoms with van der Waals surface area (Å²) >= 11 is 3.73. The highest BCUT2D eigenvalue weighted by atomic mass is 32.2. The molecule has 1 unspecified atom stereocenters. The second kappa shape index (κ2) is 6.07. The minimum absolute atomic E-state index is 0.126. The zero-order valence-electron chi connectivity index (χ0n) is 10.5. The maximum absolute atomic E-state index is 9.31. The van der Waals surface area contributed by atoms with Crippen LogP contribution < -0.4 is 4.90 Å². The molecule has 5 heteroatoms. The molecular formula is C12H20N2OS2. The van der Waals surface area contributed by atoms with E-state index in [1.165, 1.54) is 12.2 Å². The largest absolute Gasteiger partial charge is 0.391 e. The number of aliphatic hydroxyl groups is 1. The number of nitrogens with zero attached hydrogens (tertiary/aromatic N) is 2. The molecule has 0 aliphatic carbocycles. The van der Waals surface area contributed by atoms with E-state index in [9.17, 15) is 5.11 Å². The first-order valence-corrected chi connectivity index (χ1v) is 8.11. The number of hydrogen-bond donors (Lipinski definition) is 1. The monoisotopic (exact) mass is 272 g/mol. The van der Waals surface area contributed by atoms with Crippen LogP contribution in [0.3, 0.4) is 0 Å².